The minimum absolute atomic E-state index is 0. The van der Waals surface area contributed by atoms with Gasteiger partial charge in [-0.2, -0.15) is 0 Å². The van der Waals surface area contributed by atoms with E-state index in [2.05, 4.69) is 26.4 Å². The highest BCUT2D eigenvalue weighted by Crippen LogP contribution is 2.17. The van der Waals surface area contributed by atoms with Gasteiger partial charge >= 0.3 is 0 Å². The molecule has 0 saturated carbocycles. The second kappa shape index (κ2) is 7.02. The van der Waals surface area contributed by atoms with Crippen molar-refractivity contribution in [1.29, 1.82) is 0 Å². The van der Waals surface area contributed by atoms with Crippen molar-refractivity contribution in [3.05, 3.63) is 30.4 Å². The van der Waals surface area contributed by atoms with Gasteiger partial charge < -0.3 is 5.32 Å². The lowest BCUT2D eigenvalue weighted by Crippen LogP contribution is -2.38. The van der Waals surface area contributed by atoms with Crippen LogP contribution in [0.2, 0.25) is 0 Å². The van der Waals surface area contributed by atoms with Crippen LogP contribution in [0.1, 0.15) is 18.5 Å². The fraction of sp³-hybridized carbons (Fsp3) is 0.571. The zero-order valence-corrected chi connectivity index (χ0v) is 12.6. The lowest BCUT2D eigenvalue weighted by Gasteiger charge is -2.32. The van der Waals surface area contributed by atoms with Crippen molar-refractivity contribution in [2.24, 2.45) is 5.92 Å². The van der Waals surface area contributed by atoms with Crippen LogP contribution in [0, 0.1) is 5.92 Å². The highest BCUT2D eigenvalue weighted by molar-refractivity contribution is 5.85. The molecule has 110 valence electrons. The molecule has 1 saturated heterocycles. The lowest BCUT2D eigenvalue weighted by atomic mass is 9.98. The number of hydrogen-bond acceptors (Lipinski definition) is 4. The zero-order chi connectivity index (χ0) is 13.1. The number of likely N-dealkylation sites (tertiary alicyclic amines) is 1. The number of halogens is 1. The molecule has 2 aromatic heterocycles. The molecule has 1 aliphatic heterocycles. The minimum Gasteiger partial charge on any atom is -0.319 e. The molecule has 6 heteroatoms. The van der Waals surface area contributed by atoms with Gasteiger partial charge in [-0.1, -0.05) is 0 Å². The molecular weight excluding hydrogens is 274 g/mol. The molecular formula is C14H22ClN5. The van der Waals surface area contributed by atoms with Gasteiger partial charge in [0.1, 0.15) is 0 Å². The fourth-order valence-electron chi connectivity index (χ4n) is 2.93. The molecule has 0 aliphatic carbocycles. The second-order valence-electron chi connectivity index (χ2n) is 5.36. The smallest absolute Gasteiger partial charge is 0.233 e. The topological polar surface area (TPSA) is 45.5 Å². The molecule has 1 unspecified atom stereocenters. The first kappa shape index (κ1) is 15.2. The van der Waals surface area contributed by atoms with E-state index in [1.807, 2.05) is 23.7 Å². The molecule has 1 aliphatic rings. The maximum atomic E-state index is 4.57. The van der Waals surface area contributed by atoms with Crippen LogP contribution in [0.4, 0.5) is 0 Å². The average Bonchev–Trinajstić information content (AvgIpc) is 2.81. The summed E-state index contributed by atoms with van der Waals surface area (Å²) in [6.07, 6.45) is 8.50. The Morgan fingerprint density at radius 2 is 2.35 bits per heavy atom. The van der Waals surface area contributed by atoms with Gasteiger partial charge in [-0.25, -0.2) is 9.97 Å². The summed E-state index contributed by atoms with van der Waals surface area (Å²) in [5.41, 5.74) is 1.11. The normalized spacial score (nSPS) is 19.9. The Labute approximate surface area is 125 Å². The van der Waals surface area contributed by atoms with Gasteiger partial charge in [-0.15, -0.1) is 12.4 Å². The minimum atomic E-state index is 0. The SMILES string of the molecule is CNCC1CCCN(Cc2cn3cccnc3n2)C1.Cl. The van der Waals surface area contributed by atoms with E-state index in [1.54, 1.807) is 6.20 Å². The maximum Gasteiger partial charge on any atom is 0.233 e. The van der Waals surface area contributed by atoms with Crippen LogP contribution in [0.5, 0.6) is 0 Å². The van der Waals surface area contributed by atoms with E-state index in [-0.39, 0.29) is 12.4 Å². The number of imidazole rings is 1. The summed E-state index contributed by atoms with van der Waals surface area (Å²) in [4.78, 5) is 11.3. The van der Waals surface area contributed by atoms with Crippen molar-refractivity contribution in [2.45, 2.75) is 19.4 Å². The van der Waals surface area contributed by atoms with E-state index in [0.29, 0.717) is 0 Å². The lowest BCUT2D eigenvalue weighted by molar-refractivity contribution is 0.165. The van der Waals surface area contributed by atoms with Crippen molar-refractivity contribution < 1.29 is 0 Å². The third-order valence-electron chi connectivity index (χ3n) is 3.77. The first-order valence-corrected chi connectivity index (χ1v) is 7.00. The molecule has 1 fully saturated rings. The van der Waals surface area contributed by atoms with Crippen molar-refractivity contribution in [2.75, 3.05) is 26.7 Å². The Balaban J connectivity index is 0.00000147. The third kappa shape index (κ3) is 3.48. The van der Waals surface area contributed by atoms with Gasteiger partial charge in [0, 0.05) is 31.7 Å². The maximum absolute atomic E-state index is 4.57. The summed E-state index contributed by atoms with van der Waals surface area (Å²) in [5.74, 6) is 1.56. The molecule has 5 nitrogen and oxygen atoms in total. The Kier molecular flexibility index (Phi) is 5.34. The number of hydrogen-bond donors (Lipinski definition) is 1. The second-order valence-corrected chi connectivity index (χ2v) is 5.36. The molecule has 0 radical (unpaired) electrons. The van der Waals surface area contributed by atoms with Gasteiger partial charge in [0.05, 0.1) is 5.69 Å². The first-order chi connectivity index (χ1) is 9.35. The largest absolute Gasteiger partial charge is 0.319 e. The Bertz CT molecular complexity index is 506. The number of nitrogens with zero attached hydrogens (tertiary/aromatic N) is 4. The molecule has 0 bridgehead atoms. The first-order valence-electron chi connectivity index (χ1n) is 7.00. The number of nitrogens with one attached hydrogen (secondary N) is 1. The Hall–Kier alpha value is -1.17. The number of aromatic nitrogens is 3. The standard InChI is InChI=1S/C14H21N5.ClH/c1-15-8-12-4-2-6-18(9-12)10-13-11-19-7-3-5-16-14(19)17-13;/h3,5,7,11-12,15H,2,4,6,8-10H2,1H3;1H. The monoisotopic (exact) mass is 295 g/mol. The molecule has 0 spiro atoms. The molecule has 3 rings (SSSR count). The van der Waals surface area contributed by atoms with E-state index in [1.165, 1.54) is 25.9 Å². The molecule has 3 heterocycles. The summed E-state index contributed by atoms with van der Waals surface area (Å²) in [6, 6.07) is 1.93. The highest BCUT2D eigenvalue weighted by Gasteiger charge is 2.20. The van der Waals surface area contributed by atoms with Gasteiger partial charge in [-0.3, -0.25) is 9.30 Å². The number of fused-ring (bicyclic) bond motifs is 1. The predicted octanol–water partition coefficient (Wildman–Crippen LogP) is 1.58. The van der Waals surface area contributed by atoms with Gasteiger partial charge in [0.15, 0.2) is 0 Å². The van der Waals surface area contributed by atoms with E-state index in [0.717, 1.165) is 30.5 Å². The molecule has 1 atom stereocenters. The molecule has 1 N–H and O–H groups in total. The van der Waals surface area contributed by atoms with Crippen LogP contribution < -0.4 is 5.32 Å². The van der Waals surface area contributed by atoms with Gasteiger partial charge in [0.2, 0.25) is 5.78 Å². The van der Waals surface area contributed by atoms with Gasteiger partial charge in [0.25, 0.3) is 0 Å². The fourth-order valence-corrected chi connectivity index (χ4v) is 2.93. The van der Waals surface area contributed by atoms with Crippen LogP contribution in [-0.2, 0) is 6.54 Å². The summed E-state index contributed by atoms with van der Waals surface area (Å²) in [5, 5.41) is 3.29. The Morgan fingerprint density at radius 1 is 1.45 bits per heavy atom. The van der Waals surface area contributed by atoms with Crippen molar-refractivity contribution >= 4 is 18.2 Å². The Morgan fingerprint density at radius 3 is 3.15 bits per heavy atom. The van der Waals surface area contributed by atoms with E-state index >= 15 is 0 Å². The summed E-state index contributed by atoms with van der Waals surface area (Å²) in [7, 11) is 2.03. The van der Waals surface area contributed by atoms with Crippen LogP contribution >= 0.6 is 12.4 Å². The van der Waals surface area contributed by atoms with Crippen LogP contribution in [0.3, 0.4) is 0 Å². The highest BCUT2D eigenvalue weighted by atomic mass is 35.5. The quantitative estimate of drug-likeness (QED) is 0.930. The third-order valence-corrected chi connectivity index (χ3v) is 3.77. The zero-order valence-electron chi connectivity index (χ0n) is 11.8. The van der Waals surface area contributed by atoms with Crippen LogP contribution in [-0.4, -0.2) is 46.0 Å². The summed E-state index contributed by atoms with van der Waals surface area (Å²) < 4.78 is 1.99. The number of rotatable bonds is 4. The summed E-state index contributed by atoms with van der Waals surface area (Å²) in [6.45, 7) is 4.40. The van der Waals surface area contributed by atoms with Crippen molar-refractivity contribution in [1.82, 2.24) is 24.6 Å². The number of piperidine rings is 1. The van der Waals surface area contributed by atoms with E-state index in [4.69, 9.17) is 0 Å². The predicted molar refractivity (Wildman–Crippen MR) is 82.2 cm³/mol. The van der Waals surface area contributed by atoms with Crippen LogP contribution in [0.15, 0.2) is 24.7 Å². The molecule has 20 heavy (non-hydrogen) atoms. The van der Waals surface area contributed by atoms with E-state index < -0.39 is 0 Å². The molecule has 0 amide bonds. The molecule has 2 aromatic rings. The van der Waals surface area contributed by atoms with Gasteiger partial charge in [-0.05, 0) is 45.0 Å². The van der Waals surface area contributed by atoms with Crippen molar-refractivity contribution in [3.8, 4) is 0 Å². The van der Waals surface area contributed by atoms with Crippen LogP contribution in [0.25, 0.3) is 5.78 Å². The molecule has 0 aromatic carbocycles. The summed E-state index contributed by atoms with van der Waals surface area (Å²) >= 11 is 0. The average molecular weight is 296 g/mol. The van der Waals surface area contributed by atoms with E-state index in [9.17, 15) is 0 Å². The van der Waals surface area contributed by atoms with Crippen molar-refractivity contribution in [3.63, 3.8) is 0 Å².